The van der Waals surface area contributed by atoms with Crippen LogP contribution in [0.3, 0.4) is 0 Å². The predicted octanol–water partition coefficient (Wildman–Crippen LogP) is -0.0276. The number of aromatic hydroxyl groups is 2. The van der Waals surface area contributed by atoms with Crippen molar-refractivity contribution in [1.82, 2.24) is 4.90 Å². The number of hydrogen-bond acceptors (Lipinski definition) is 9. The number of likely N-dealkylation sites (N-methyl/N-ethyl adjacent to an activating group) is 1. The van der Waals surface area contributed by atoms with Gasteiger partial charge in [0.05, 0.1) is 17.5 Å². The van der Waals surface area contributed by atoms with Crippen LogP contribution < -0.4 is 5.73 Å². The Morgan fingerprint density at radius 1 is 1.05 bits per heavy atom. The summed E-state index contributed by atoms with van der Waals surface area (Å²) >= 11 is 0. The second kappa shape index (κ2) is 9.15. The molecule has 6 unspecified atom stereocenters. The van der Waals surface area contributed by atoms with E-state index in [1.165, 1.54) is 37.2 Å². The molecule has 5 rings (SSSR count). The van der Waals surface area contributed by atoms with Crippen molar-refractivity contribution in [2.24, 2.45) is 29.4 Å². The van der Waals surface area contributed by atoms with Crippen LogP contribution in [0.5, 0.6) is 11.5 Å². The highest BCUT2D eigenvalue weighted by Gasteiger charge is 2.69. The molecule has 0 bridgehead atoms. The highest BCUT2D eigenvalue weighted by Crippen LogP contribution is 2.50. The van der Waals surface area contributed by atoms with Gasteiger partial charge in [0.15, 0.2) is 34.7 Å². The van der Waals surface area contributed by atoms with Crippen molar-refractivity contribution < 1.29 is 39.3 Å². The predicted molar refractivity (Wildman–Crippen MR) is 135 cm³/mol. The van der Waals surface area contributed by atoms with Crippen molar-refractivity contribution in [2.45, 2.75) is 24.5 Å². The number of benzene rings is 2. The standard InChI is InChI=1S/C29H26N2O8/c1-31(2)23-18-12-15-11-17-14(7-6-13-4-3-5-16(32)10-13)8-9-19(33)21(17)24(34)20(15)26(36)29(18,39)27(37)22(25(23)35)28(30)38/h3-5,8-10,15,18,20,22-23,32-33,39H,11-12H2,1-2H3,(H2,30,38). The third-order valence-electron chi connectivity index (χ3n) is 8.13. The number of Topliss-reactive ketones (excluding diaryl/α,β-unsaturated/α-hetero) is 4. The topological polar surface area (TPSA) is 175 Å². The molecule has 0 saturated heterocycles. The minimum absolute atomic E-state index is 0.0337. The van der Waals surface area contributed by atoms with Crippen LogP contribution in [0.15, 0.2) is 36.4 Å². The van der Waals surface area contributed by atoms with Crippen molar-refractivity contribution in [3.63, 3.8) is 0 Å². The van der Waals surface area contributed by atoms with E-state index in [2.05, 4.69) is 11.8 Å². The molecule has 3 aliphatic rings. The molecule has 5 N–H and O–H groups in total. The summed E-state index contributed by atoms with van der Waals surface area (Å²) in [5.74, 6) is -5.06. The van der Waals surface area contributed by atoms with E-state index in [-0.39, 0.29) is 29.9 Å². The quantitative estimate of drug-likeness (QED) is 0.307. The molecule has 1 amide bonds. The number of primary amides is 1. The molecule has 2 fully saturated rings. The average Bonchev–Trinajstić information content (AvgIpc) is 2.85. The maximum absolute atomic E-state index is 13.8. The summed E-state index contributed by atoms with van der Waals surface area (Å²) in [4.78, 5) is 67.5. The Labute approximate surface area is 223 Å². The van der Waals surface area contributed by atoms with Crippen LogP contribution in [-0.2, 0) is 25.6 Å². The molecular weight excluding hydrogens is 504 g/mol. The molecule has 0 radical (unpaired) electrons. The maximum Gasteiger partial charge on any atom is 0.235 e. The van der Waals surface area contributed by atoms with Gasteiger partial charge in [-0.05, 0) is 68.8 Å². The van der Waals surface area contributed by atoms with Crippen LogP contribution >= 0.6 is 0 Å². The van der Waals surface area contributed by atoms with Gasteiger partial charge in [-0.3, -0.25) is 28.9 Å². The van der Waals surface area contributed by atoms with Gasteiger partial charge in [0.25, 0.3) is 0 Å². The smallest absolute Gasteiger partial charge is 0.235 e. The van der Waals surface area contributed by atoms with Crippen LogP contribution in [0.2, 0.25) is 0 Å². The Bertz CT molecular complexity index is 1530. The number of nitrogens with zero attached hydrogens (tertiary/aromatic N) is 1. The molecule has 3 aliphatic carbocycles. The number of hydrogen-bond donors (Lipinski definition) is 4. The number of carbonyl (C=O) groups is 5. The van der Waals surface area contributed by atoms with Crippen LogP contribution in [0.4, 0.5) is 0 Å². The molecule has 0 spiro atoms. The van der Waals surface area contributed by atoms with E-state index < -0.39 is 64.4 Å². The third kappa shape index (κ3) is 3.85. The van der Waals surface area contributed by atoms with Crippen molar-refractivity contribution >= 4 is 29.0 Å². The van der Waals surface area contributed by atoms with Gasteiger partial charge in [-0.25, -0.2) is 0 Å². The molecule has 0 aliphatic heterocycles. The highest BCUT2D eigenvalue weighted by atomic mass is 16.3. The number of carbonyl (C=O) groups excluding carboxylic acids is 5. The van der Waals surface area contributed by atoms with E-state index in [0.717, 1.165) is 0 Å². The van der Waals surface area contributed by atoms with E-state index in [4.69, 9.17) is 5.73 Å². The summed E-state index contributed by atoms with van der Waals surface area (Å²) in [7, 11) is 3.06. The number of rotatable bonds is 2. The molecule has 6 atom stereocenters. The normalized spacial score (nSPS) is 29.7. The first-order valence-electron chi connectivity index (χ1n) is 12.4. The highest BCUT2D eigenvalue weighted by molar-refractivity contribution is 6.32. The van der Waals surface area contributed by atoms with E-state index >= 15 is 0 Å². The molecule has 0 aromatic heterocycles. The van der Waals surface area contributed by atoms with E-state index in [0.29, 0.717) is 16.7 Å². The van der Waals surface area contributed by atoms with Gasteiger partial charge in [-0.15, -0.1) is 0 Å². The zero-order valence-electron chi connectivity index (χ0n) is 21.2. The largest absolute Gasteiger partial charge is 0.508 e. The number of phenols is 2. The number of nitrogens with two attached hydrogens (primary N) is 1. The van der Waals surface area contributed by atoms with Crippen LogP contribution in [0.1, 0.15) is 33.5 Å². The zero-order valence-corrected chi connectivity index (χ0v) is 21.2. The van der Waals surface area contributed by atoms with Crippen molar-refractivity contribution in [1.29, 1.82) is 0 Å². The lowest BCUT2D eigenvalue weighted by Crippen LogP contribution is -2.74. The van der Waals surface area contributed by atoms with Gasteiger partial charge >= 0.3 is 0 Å². The Balaban J connectivity index is 1.61. The monoisotopic (exact) mass is 530 g/mol. The second-order valence-corrected chi connectivity index (χ2v) is 10.6. The average molecular weight is 531 g/mol. The molecule has 2 aromatic carbocycles. The third-order valence-corrected chi connectivity index (χ3v) is 8.13. The summed E-state index contributed by atoms with van der Waals surface area (Å²) in [6.45, 7) is 0. The fraction of sp³-hybridized carbons (Fsp3) is 0.345. The summed E-state index contributed by atoms with van der Waals surface area (Å²) in [5, 5.41) is 31.9. The Hall–Kier alpha value is -4.33. The number of amides is 1. The van der Waals surface area contributed by atoms with Crippen LogP contribution in [0, 0.1) is 35.5 Å². The van der Waals surface area contributed by atoms with E-state index in [9.17, 15) is 39.3 Å². The number of ketones is 4. The van der Waals surface area contributed by atoms with Crippen molar-refractivity contribution in [3.05, 3.63) is 58.7 Å². The lowest BCUT2D eigenvalue weighted by atomic mass is 9.52. The fourth-order valence-corrected chi connectivity index (χ4v) is 6.45. The van der Waals surface area contributed by atoms with Gasteiger partial charge in [0.2, 0.25) is 5.91 Å². The van der Waals surface area contributed by atoms with Crippen molar-refractivity contribution in [3.8, 4) is 23.3 Å². The first kappa shape index (κ1) is 26.3. The van der Waals surface area contributed by atoms with Gasteiger partial charge < -0.3 is 21.1 Å². The first-order valence-corrected chi connectivity index (χ1v) is 12.4. The second-order valence-electron chi connectivity index (χ2n) is 10.6. The maximum atomic E-state index is 13.8. The molecule has 200 valence electrons. The summed E-state index contributed by atoms with van der Waals surface area (Å²) in [6, 6.07) is 7.96. The van der Waals surface area contributed by atoms with Gasteiger partial charge in [0.1, 0.15) is 11.5 Å². The van der Waals surface area contributed by atoms with Crippen LogP contribution in [0.25, 0.3) is 0 Å². The van der Waals surface area contributed by atoms with Gasteiger partial charge in [0, 0.05) is 17.0 Å². The molecule has 2 saturated carbocycles. The van der Waals surface area contributed by atoms with E-state index in [1.54, 1.807) is 18.2 Å². The molecule has 39 heavy (non-hydrogen) atoms. The Morgan fingerprint density at radius 2 is 1.77 bits per heavy atom. The Kier molecular flexibility index (Phi) is 6.17. The summed E-state index contributed by atoms with van der Waals surface area (Å²) < 4.78 is 0. The molecule has 0 heterocycles. The van der Waals surface area contributed by atoms with Crippen LogP contribution in [-0.4, -0.2) is 75.0 Å². The first-order chi connectivity index (χ1) is 18.4. The number of phenolic OH excluding ortho intramolecular Hbond substituents is 2. The molecule has 2 aromatic rings. The molecular formula is C29H26N2O8. The van der Waals surface area contributed by atoms with Crippen molar-refractivity contribution in [2.75, 3.05) is 14.1 Å². The molecule has 10 heteroatoms. The van der Waals surface area contributed by atoms with Gasteiger partial charge in [-0.2, -0.15) is 0 Å². The van der Waals surface area contributed by atoms with Gasteiger partial charge in [-0.1, -0.05) is 17.9 Å². The van der Waals surface area contributed by atoms with E-state index in [1.807, 2.05) is 0 Å². The number of fused-ring (bicyclic) bond motifs is 3. The zero-order chi connectivity index (χ0) is 28.4. The minimum atomic E-state index is -2.76. The lowest BCUT2D eigenvalue weighted by Gasteiger charge is -2.52. The SMILES string of the molecule is CN(C)C1C(=O)C(C(N)=O)C(=O)C2(O)C(=O)C3C(=O)c4c(O)ccc(C#Cc5cccc(O)c5)c4CC3CC12. The lowest BCUT2D eigenvalue weighted by molar-refractivity contribution is -0.181. The Morgan fingerprint density at radius 3 is 2.41 bits per heavy atom. The summed E-state index contributed by atoms with van der Waals surface area (Å²) in [6.07, 6.45) is 0.0727. The number of aliphatic hydroxyl groups is 1. The molecule has 10 nitrogen and oxygen atoms in total. The fourth-order valence-electron chi connectivity index (χ4n) is 6.45. The minimum Gasteiger partial charge on any atom is -0.508 e. The summed E-state index contributed by atoms with van der Waals surface area (Å²) in [5.41, 5.74) is 3.80.